The molecular weight excluding hydrogens is 428 g/mol. The van der Waals surface area contributed by atoms with E-state index in [1.165, 1.54) is 24.6 Å². The molecule has 4 rings (SSSR count). The van der Waals surface area contributed by atoms with Crippen molar-refractivity contribution in [1.29, 1.82) is 0 Å². The third-order valence-corrected chi connectivity index (χ3v) is 6.02. The Morgan fingerprint density at radius 1 is 1.40 bits per heavy atom. The molecule has 1 aromatic heterocycles. The van der Waals surface area contributed by atoms with Gasteiger partial charge in [0.25, 0.3) is 5.91 Å². The van der Waals surface area contributed by atoms with Crippen LogP contribution in [0.3, 0.4) is 0 Å². The Hall–Kier alpha value is -2.65. The fourth-order valence-corrected chi connectivity index (χ4v) is 4.36. The molecular formula is C20H21ClN4O4S. The Morgan fingerprint density at radius 3 is 3.03 bits per heavy atom. The molecule has 0 bridgehead atoms. The second-order valence-electron chi connectivity index (χ2n) is 6.98. The van der Waals surface area contributed by atoms with E-state index in [0.717, 1.165) is 19.4 Å². The van der Waals surface area contributed by atoms with Gasteiger partial charge in [0.05, 0.1) is 37.2 Å². The highest BCUT2D eigenvalue weighted by molar-refractivity contribution is 7.19. The number of methoxy groups -OCH3 is 1. The molecule has 0 radical (unpaired) electrons. The van der Waals surface area contributed by atoms with Gasteiger partial charge in [-0.1, -0.05) is 22.9 Å². The van der Waals surface area contributed by atoms with Crippen LogP contribution >= 0.6 is 22.9 Å². The number of benzene rings is 1. The molecule has 2 aliphatic rings. The fraction of sp³-hybridized carbons (Fsp3) is 0.400. The van der Waals surface area contributed by atoms with Crippen LogP contribution in [0.2, 0.25) is 4.34 Å². The lowest BCUT2D eigenvalue weighted by Gasteiger charge is -2.20. The SMILES string of the molecule is COc1cc2c(cc1OCCCC(=O)Nc1ncc(Cl)s1)N=C[C@@H]1CCCN1C2=O. The van der Waals surface area contributed by atoms with Gasteiger partial charge in [-0.05, 0) is 25.3 Å². The Kier molecular flexibility index (Phi) is 6.19. The van der Waals surface area contributed by atoms with Crippen molar-refractivity contribution in [3.8, 4) is 11.5 Å². The lowest BCUT2D eigenvalue weighted by molar-refractivity contribution is -0.116. The van der Waals surface area contributed by atoms with Gasteiger partial charge in [0.1, 0.15) is 4.34 Å². The van der Waals surface area contributed by atoms with E-state index in [-0.39, 0.29) is 24.3 Å². The first kappa shape index (κ1) is 20.6. The maximum Gasteiger partial charge on any atom is 0.256 e. The van der Waals surface area contributed by atoms with Crippen molar-refractivity contribution in [2.24, 2.45) is 4.99 Å². The quantitative estimate of drug-likeness (QED) is 0.648. The van der Waals surface area contributed by atoms with Crippen LogP contribution in [0.4, 0.5) is 10.8 Å². The van der Waals surface area contributed by atoms with Gasteiger partial charge < -0.3 is 19.7 Å². The van der Waals surface area contributed by atoms with Gasteiger partial charge in [-0.15, -0.1) is 0 Å². The van der Waals surface area contributed by atoms with Crippen LogP contribution in [0.15, 0.2) is 23.3 Å². The van der Waals surface area contributed by atoms with Crippen LogP contribution in [0.25, 0.3) is 0 Å². The van der Waals surface area contributed by atoms with Crippen molar-refractivity contribution in [1.82, 2.24) is 9.88 Å². The number of carbonyl (C=O) groups excluding carboxylic acids is 2. The zero-order valence-corrected chi connectivity index (χ0v) is 18.0. The van der Waals surface area contributed by atoms with Crippen LogP contribution in [0, 0.1) is 0 Å². The van der Waals surface area contributed by atoms with Crippen molar-refractivity contribution < 1.29 is 19.1 Å². The average Bonchev–Trinajstić information content (AvgIpc) is 3.35. The summed E-state index contributed by atoms with van der Waals surface area (Å²) in [5.41, 5.74) is 1.09. The van der Waals surface area contributed by atoms with E-state index >= 15 is 0 Å². The highest BCUT2D eigenvalue weighted by atomic mass is 35.5. The van der Waals surface area contributed by atoms with Gasteiger partial charge in [0, 0.05) is 25.2 Å². The first-order valence-corrected chi connectivity index (χ1v) is 10.9. The Bertz CT molecular complexity index is 993. The standard InChI is InChI=1S/C20H21ClN4O4S/c1-28-15-8-13-14(22-10-12-4-2-6-25(12)19(13)27)9-16(15)29-7-3-5-18(26)24-20-23-11-17(21)30-20/h8-12H,2-7H2,1H3,(H,23,24,26)/t12-/m0/s1. The van der Waals surface area contributed by atoms with E-state index in [1.54, 1.807) is 12.1 Å². The molecule has 2 aliphatic heterocycles. The van der Waals surface area contributed by atoms with Gasteiger partial charge >= 0.3 is 0 Å². The zero-order chi connectivity index (χ0) is 21.1. The summed E-state index contributed by atoms with van der Waals surface area (Å²) < 4.78 is 11.8. The number of nitrogens with one attached hydrogen (secondary N) is 1. The van der Waals surface area contributed by atoms with E-state index in [2.05, 4.69) is 15.3 Å². The number of nitrogens with zero attached hydrogens (tertiary/aromatic N) is 3. The first-order valence-electron chi connectivity index (χ1n) is 9.66. The predicted octanol–water partition coefficient (Wildman–Crippen LogP) is 3.92. The molecule has 1 aromatic carbocycles. The second kappa shape index (κ2) is 9.01. The average molecular weight is 449 g/mol. The minimum Gasteiger partial charge on any atom is -0.493 e. The Balaban J connectivity index is 1.38. The lowest BCUT2D eigenvalue weighted by Crippen LogP contribution is -2.35. The van der Waals surface area contributed by atoms with Crippen molar-refractivity contribution in [2.75, 3.05) is 25.6 Å². The monoisotopic (exact) mass is 448 g/mol. The van der Waals surface area contributed by atoms with E-state index in [4.69, 9.17) is 21.1 Å². The van der Waals surface area contributed by atoms with Gasteiger partial charge in [0.15, 0.2) is 16.6 Å². The summed E-state index contributed by atoms with van der Waals surface area (Å²) >= 11 is 7.01. The number of aliphatic imine (C=N–C) groups is 1. The van der Waals surface area contributed by atoms with E-state index in [9.17, 15) is 9.59 Å². The molecule has 1 N–H and O–H groups in total. The molecule has 0 unspecified atom stereocenters. The summed E-state index contributed by atoms with van der Waals surface area (Å²) in [6.07, 6.45) is 6.02. The second-order valence-corrected chi connectivity index (χ2v) is 8.64. The van der Waals surface area contributed by atoms with Crippen LogP contribution in [-0.4, -0.2) is 54.2 Å². The molecule has 0 spiro atoms. The van der Waals surface area contributed by atoms with Crippen LogP contribution in [0.1, 0.15) is 36.0 Å². The minimum absolute atomic E-state index is 0.0335. The molecule has 2 aromatic rings. The number of anilines is 1. The third kappa shape index (κ3) is 4.41. The molecule has 2 amide bonds. The summed E-state index contributed by atoms with van der Waals surface area (Å²) in [4.78, 5) is 35.2. The van der Waals surface area contributed by atoms with Gasteiger partial charge in [-0.25, -0.2) is 4.98 Å². The lowest BCUT2D eigenvalue weighted by atomic mass is 10.1. The van der Waals surface area contributed by atoms with Gasteiger partial charge in [-0.3, -0.25) is 14.6 Å². The fourth-order valence-electron chi connectivity index (χ4n) is 3.53. The summed E-state index contributed by atoms with van der Waals surface area (Å²) in [5.74, 6) is 0.773. The normalized spacial score (nSPS) is 17.3. The number of aromatic nitrogens is 1. The number of hydrogen-bond donors (Lipinski definition) is 1. The van der Waals surface area contributed by atoms with Crippen LogP contribution in [-0.2, 0) is 4.79 Å². The highest BCUT2D eigenvalue weighted by Gasteiger charge is 2.32. The van der Waals surface area contributed by atoms with Crippen molar-refractivity contribution in [2.45, 2.75) is 31.7 Å². The Labute approximate surface area is 182 Å². The number of fused-ring (bicyclic) bond motifs is 2. The number of rotatable bonds is 7. The number of thiazole rings is 1. The summed E-state index contributed by atoms with van der Waals surface area (Å²) in [6, 6.07) is 3.46. The molecule has 3 heterocycles. The Morgan fingerprint density at radius 2 is 2.27 bits per heavy atom. The van der Waals surface area contributed by atoms with E-state index < -0.39 is 0 Å². The number of ether oxygens (including phenoxy) is 2. The largest absolute Gasteiger partial charge is 0.493 e. The topological polar surface area (TPSA) is 93.1 Å². The van der Waals surface area contributed by atoms with Crippen LogP contribution in [0.5, 0.6) is 11.5 Å². The van der Waals surface area contributed by atoms with Crippen LogP contribution < -0.4 is 14.8 Å². The molecule has 158 valence electrons. The molecule has 30 heavy (non-hydrogen) atoms. The smallest absolute Gasteiger partial charge is 0.256 e. The van der Waals surface area contributed by atoms with Gasteiger partial charge in [-0.2, -0.15) is 0 Å². The molecule has 1 atom stereocenters. The third-order valence-electron chi connectivity index (χ3n) is 4.99. The first-order chi connectivity index (χ1) is 14.5. The molecule has 1 saturated heterocycles. The molecule has 8 nitrogen and oxygen atoms in total. The van der Waals surface area contributed by atoms with Crippen molar-refractivity contribution >= 4 is 51.8 Å². The summed E-state index contributed by atoms with van der Waals surface area (Å²) in [5, 5.41) is 3.17. The molecule has 0 aliphatic carbocycles. The summed E-state index contributed by atoms with van der Waals surface area (Å²) in [6.45, 7) is 1.05. The minimum atomic E-state index is -0.158. The highest BCUT2D eigenvalue weighted by Crippen LogP contribution is 2.38. The van der Waals surface area contributed by atoms with Crippen molar-refractivity contribution in [3.63, 3.8) is 0 Å². The number of amides is 2. The van der Waals surface area contributed by atoms with Crippen molar-refractivity contribution in [3.05, 3.63) is 28.2 Å². The molecule has 0 saturated carbocycles. The molecule has 1 fully saturated rings. The van der Waals surface area contributed by atoms with E-state index in [1.807, 2.05) is 11.1 Å². The predicted molar refractivity (Wildman–Crippen MR) is 116 cm³/mol. The van der Waals surface area contributed by atoms with Gasteiger partial charge in [0.2, 0.25) is 5.91 Å². The number of carbonyl (C=O) groups is 2. The van der Waals surface area contributed by atoms with E-state index in [0.29, 0.717) is 45.2 Å². The zero-order valence-electron chi connectivity index (χ0n) is 16.4. The summed E-state index contributed by atoms with van der Waals surface area (Å²) in [7, 11) is 1.53. The maximum atomic E-state index is 12.9. The molecule has 10 heteroatoms. The number of halogens is 1. The maximum absolute atomic E-state index is 12.9. The number of hydrogen-bond acceptors (Lipinski definition) is 7.